The highest BCUT2D eigenvalue weighted by molar-refractivity contribution is 5.97. The lowest BCUT2D eigenvalue weighted by Gasteiger charge is -2.13. The lowest BCUT2D eigenvalue weighted by molar-refractivity contribution is -0.129. The number of amides is 1. The molecule has 27 heavy (non-hydrogen) atoms. The normalized spacial score (nSPS) is 11.8. The Morgan fingerprint density at radius 3 is 2.48 bits per heavy atom. The Morgan fingerprint density at radius 2 is 1.81 bits per heavy atom. The van der Waals surface area contributed by atoms with Gasteiger partial charge in [-0.2, -0.15) is 0 Å². The minimum Gasteiger partial charge on any atom is -0.497 e. The van der Waals surface area contributed by atoms with Gasteiger partial charge in [0.2, 0.25) is 5.76 Å². The molecule has 0 unspecified atom stereocenters. The van der Waals surface area contributed by atoms with Gasteiger partial charge in [-0.25, -0.2) is 4.79 Å². The molecule has 1 N–H and O–H groups in total. The van der Waals surface area contributed by atoms with Gasteiger partial charge in [0.15, 0.2) is 6.10 Å². The lowest BCUT2D eigenvalue weighted by Crippen LogP contribution is -2.35. The van der Waals surface area contributed by atoms with E-state index >= 15 is 0 Å². The molecule has 3 rings (SSSR count). The van der Waals surface area contributed by atoms with E-state index in [4.69, 9.17) is 13.9 Å². The van der Waals surface area contributed by atoms with E-state index in [1.807, 2.05) is 42.5 Å². The van der Waals surface area contributed by atoms with Crippen LogP contribution in [-0.4, -0.2) is 25.1 Å². The van der Waals surface area contributed by atoms with Crippen LogP contribution in [0, 0.1) is 6.92 Å². The van der Waals surface area contributed by atoms with E-state index in [0.717, 1.165) is 16.7 Å². The number of fused-ring (bicyclic) bond motifs is 1. The van der Waals surface area contributed by atoms with Gasteiger partial charge in [0.25, 0.3) is 5.91 Å². The predicted molar refractivity (Wildman–Crippen MR) is 101 cm³/mol. The molecule has 0 aliphatic carbocycles. The number of rotatable bonds is 6. The molecule has 1 heterocycles. The summed E-state index contributed by atoms with van der Waals surface area (Å²) in [5.74, 6) is -0.177. The van der Waals surface area contributed by atoms with Crippen LogP contribution < -0.4 is 10.1 Å². The number of nitrogens with one attached hydrogen (secondary N) is 1. The van der Waals surface area contributed by atoms with Gasteiger partial charge < -0.3 is 19.2 Å². The van der Waals surface area contributed by atoms with Crippen molar-refractivity contribution in [2.45, 2.75) is 26.5 Å². The Bertz CT molecular complexity index is 958. The average molecular weight is 367 g/mol. The van der Waals surface area contributed by atoms with Gasteiger partial charge >= 0.3 is 5.97 Å². The summed E-state index contributed by atoms with van der Waals surface area (Å²) in [6.07, 6.45) is -0.941. The molecule has 0 bridgehead atoms. The van der Waals surface area contributed by atoms with Crippen LogP contribution in [-0.2, 0) is 16.1 Å². The van der Waals surface area contributed by atoms with Gasteiger partial charge in [0.1, 0.15) is 11.3 Å². The first-order chi connectivity index (χ1) is 13.0. The van der Waals surface area contributed by atoms with Crippen molar-refractivity contribution in [2.75, 3.05) is 7.11 Å². The van der Waals surface area contributed by atoms with Crippen LogP contribution in [0.25, 0.3) is 11.0 Å². The fourth-order valence-corrected chi connectivity index (χ4v) is 2.71. The van der Waals surface area contributed by atoms with E-state index in [1.54, 1.807) is 20.1 Å². The molecule has 6 nitrogen and oxygen atoms in total. The van der Waals surface area contributed by atoms with Crippen LogP contribution in [0.5, 0.6) is 5.75 Å². The second kappa shape index (κ2) is 7.95. The van der Waals surface area contributed by atoms with Gasteiger partial charge in [0, 0.05) is 17.5 Å². The number of hydrogen-bond acceptors (Lipinski definition) is 5. The Balaban J connectivity index is 1.59. The number of carbonyl (C=O) groups is 2. The maximum Gasteiger partial charge on any atom is 0.375 e. The summed E-state index contributed by atoms with van der Waals surface area (Å²) in [7, 11) is 1.59. The first kappa shape index (κ1) is 18.5. The Morgan fingerprint density at radius 1 is 1.11 bits per heavy atom. The molecule has 0 radical (unpaired) electrons. The van der Waals surface area contributed by atoms with E-state index in [0.29, 0.717) is 17.7 Å². The van der Waals surface area contributed by atoms with Gasteiger partial charge in [-0.15, -0.1) is 0 Å². The van der Waals surface area contributed by atoms with Crippen molar-refractivity contribution in [3.63, 3.8) is 0 Å². The van der Waals surface area contributed by atoms with Crippen LogP contribution >= 0.6 is 0 Å². The summed E-state index contributed by atoms with van der Waals surface area (Å²) in [6, 6.07) is 14.7. The van der Waals surface area contributed by atoms with E-state index in [1.165, 1.54) is 6.92 Å². The molecule has 0 saturated carbocycles. The van der Waals surface area contributed by atoms with Crippen molar-refractivity contribution in [2.24, 2.45) is 0 Å². The highest BCUT2D eigenvalue weighted by Crippen LogP contribution is 2.25. The highest BCUT2D eigenvalue weighted by atomic mass is 16.6. The molecule has 1 atom stereocenters. The fourth-order valence-electron chi connectivity index (χ4n) is 2.71. The summed E-state index contributed by atoms with van der Waals surface area (Å²) in [6.45, 7) is 3.64. The first-order valence-electron chi connectivity index (χ1n) is 8.59. The molecule has 3 aromatic rings. The van der Waals surface area contributed by atoms with Crippen LogP contribution in [0.4, 0.5) is 0 Å². The lowest BCUT2D eigenvalue weighted by atomic mass is 10.1. The van der Waals surface area contributed by atoms with Gasteiger partial charge in [-0.3, -0.25) is 4.79 Å². The zero-order valence-corrected chi connectivity index (χ0v) is 15.4. The third kappa shape index (κ3) is 4.11. The molecule has 0 spiro atoms. The molecule has 0 aliphatic rings. The number of benzene rings is 2. The molecular weight excluding hydrogens is 346 g/mol. The summed E-state index contributed by atoms with van der Waals surface area (Å²) in [5.41, 5.74) is 2.22. The number of aryl methyl sites for hydroxylation is 1. The quantitative estimate of drug-likeness (QED) is 0.674. The molecule has 0 aliphatic heterocycles. The SMILES string of the molecule is COc1ccc(CNC(=O)[C@H](C)OC(=O)c2oc3ccccc3c2C)cc1. The maximum absolute atomic E-state index is 12.4. The molecule has 2 aromatic carbocycles. The fraction of sp³-hybridized carbons (Fsp3) is 0.238. The Kier molecular flexibility index (Phi) is 5.45. The second-order valence-corrected chi connectivity index (χ2v) is 6.17. The number of carbonyl (C=O) groups excluding carboxylic acids is 2. The number of ether oxygens (including phenoxy) is 2. The van der Waals surface area contributed by atoms with E-state index in [2.05, 4.69) is 5.32 Å². The molecule has 0 fully saturated rings. The van der Waals surface area contributed by atoms with Crippen LogP contribution in [0.1, 0.15) is 28.6 Å². The summed E-state index contributed by atoms with van der Waals surface area (Å²) < 4.78 is 15.9. The van der Waals surface area contributed by atoms with Crippen molar-refractivity contribution in [3.05, 3.63) is 65.4 Å². The molecule has 140 valence electrons. The van der Waals surface area contributed by atoms with Gasteiger partial charge in [0.05, 0.1) is 7.11 Å². The van der Waals surface area contributed by atoms with Gasteiger partial charge in [-0.1, -0.05) is 30.3 Å². The van der Waals surface area contributed by atoms with Crippen molar-refractivity contribution < 1.29 is 23.5 Å². The second-order valence-electron chi connectivity index (χ2n) is 6.17. The first-order valence-corrected chi connectivity index (χ1v) is 8.59. The van der Waals surface area contributed by atoms with Crippen molar-refractivity contribution in [1.82, 2.24) is 5.32 Å². The van der Waals surface area contributed by atoms with Crippen molar-refractivity contribution >= 4 is 22.8 Å². The highest BCUT2D eigenvalue weighted by Gasteiger charge is 2.23. The van der Waals surface area contributed by atoms with E-state index in [-0.39, 0.29) is 11.7 Å². The minimum atomic E-state index is -0.941. The van der Waals surface area contributed by atoms with Crippen LogP contribution in [0.15, 0.2) is 52.9 Å². The third-order valence-corrected chi connectivity index (χ3v) is 4.31. The number of hydrogen-bond donors (Lipinski definition) is 1. The summed E-state index contributed by atoms with van der Waals surface area (Å²) in [5, 5.41) is 3.59. The topological polar surface area (TPSA) is 77.8 Å². The predicted octanol–water partition coefficient (Wildman–Crippen LogP) is 3.61. The Hall–Kier alpha value is -3.28. The molecule has 1 amide bonds. The third-order valence-electron chi connectivity index (χ3n) is 4.31. The number of esters is 1. The van der Waals surface area contributed by atoms with E-state index in [9.17, 15) is 9.59 Å². The molecule has 1 aromatic heterocycles. The average Bonchev–Trinajstić information content (AvgIpc) is 3.03. The largest absolute Gasteiger partial charge is 0.497 e. The smallest absolute Gasteiger partial charge is 0.375 e. The number of para-hydroxylation sites is 1. The standard InChI is InChI=1S/C21H21NO5/c1-13-17-6-4-5-7-18(17)27-19(13)21(24)26-14(2)20(23)22-12-15-8-10-16(25-3)11-9-15/h4-11,14H,12H2,1-3H3,(H,22,23)/t14-/m0/s1. The number of methoxy groups -OCH3 is 1. The molecule has 0 saturated heterocycles. The van der Waals surface area contributed by atoms with Crippen LogP contribution in [0.2, 0.25) is 0 Å². The zero-order valence-electron chi connectivity index (χ0n) is 15.4. The summed E-state index contributed by atoms with van der Waals surface area (Å²) in [4.78, 5) is 24.6. The van der Waals surface area contributed by atoms with Crippen molar-refractivity contribution in [1.29, 1.82) is 0 Å². The zero-order chi connectivity index (χ0) is 19.4. The van der Waals surface area contributed by atoms with E-state index < -0.39 is 12.1 Å². The minimum absolute atomic E-state index is 0.117. The molecule has 6 heteroatoms. The van der Waals surface area contributed by atoms with Crippen LogP contribution in [0.3, 0.4) is 0 Å². The van der Waals surface area contributed by atoms with Crippen molar-refractivity contribution in [3.8, 4) is 5.75 Å². The monoisotopic (exact) mass is 367 g/mol. The maximum atomic E-state index is 12.4. The molecular formula is C21H21NO5. The van der Waals surface area contributed by atoms with Gasteiger partial charge in [-0.05, 0) is 37.6 Å². The summed E-state index contributed by atoms with van der Waals surface area (Å²) >= 11 is 0. The number of furan rings is 1. The Labute approximate surface area is 157 Å².